The highest BCUT2D eigenvalue weighted by Gasteiger charge is 2.48. The Hall–Kier alpha value is -1.42. The SMILES string of the molecule is C[C@]1(NC(=O)c2cccc(F)c2)CC[C@@H]2CNC[C@@H]21. The van der Waals surface area contributed by atoms with E-state index < -0.39 is 0 Å². The summed E-state index contributed by atoms with van der Waals surface area (Å²) in [5.74, 6) is 0.613. The quantitative estimate of drug-likeness (QED) is 0.855. The third-order valence-corrected chi connectivity index (χ3v) is 4.68. The maximum absolute atomic E-state index is 13.2. The molecular formula is C15H19FN2O. The Morgan fingerprint density at radius 1 is 1.47 bits per heavy atom. The van der Waals surface area contributed by atoms with Crippen molar-refractivity contribution >= 4 is 5.91 Å². The van der Waals surface area contributed by atoms with Crippen molar-refractivity contribution < 1.29 is 9.18 Å². The number of nitrogens with one attached hydrogen (secondary N) is 2. The van der Waals surface area contributed by atoms with Gasteiger partial charge in [-0.05, 0) is 56.3 Å². The van der Waals surface area contributed by atoms with Crippen LogP contribution in [0.1, 0.15) is 30.1 Å². The number of carbonyl (C=O) groups excluding carboxylic acids is 1. The number of rotatable bonds is 2. The average Bonchev–Trinajstić information content (AvgIpc) is 2.95. The molecule has 2 aliphatic rings. The maximum Gasteiger partial charge on any atom is 0.251 e. The van der Waals surface area contributed by atoms with Gasteiger partial charge in [0, 0.05) is 17.6 Å². The second-order valence-electron chi connectivity index (χ2n) is 5.95. The molecule has 19 heavy (non-hydrogen) atoms. The summed E-state index contributed by atoms with van der Waals surface area (Å²) >= 11 is 0. The molecule has 102 valence electrons. The molecule has 1 heterocycles. The van der Waals surface area contributed by atoms with E-state index in [0.717, 1.165) is 25.9 Å². The second kappa shape index (κ2) is 4.60. The Morgan fingerprint density at radius 2 is 2.32 bits per heavy atom. The van der Waals surface area contributed by atoms with Crippen molar-refractivity contribution in [3.63, 3.8) is 0 Å². The molecule has 3 nitrogen and oxygen atoms in total. The minimum atomic E-state index is -0.371. The van der Waals surface area contributed by atoms with Crippen LogP contribution in [0.4, 0.5) is 4.39 Å². The van der Waals surface area contributed by atoms with Crippen LogP contribution in [0, 0.1) is 17.7 Å². The summed E-state index contributed by atoms with van der Waals surface area (Å²) in [7, 11) is 0. The lowest BCUT2D eigenvalue weighted by atomic mass is 9.86. The van der Waals surface area contributed by atoms with Crippen LogP contribution in [0.2, 0.25) is 0 Å². The number of amides is 1. The largest absolute Gasteiger partial charge is 0.347 e. The molecule has 2 fully saturated rings. The molecule has 1 aliphatic carbocycles. The van der Waals surface area contributed by atoms with E-state index in [4.69, 9.17) is 0 Å². The van der Waals surface area contributed by atoms with Crippen LogP contribution in [-0.4, -0.2) is 24.5 Å². The van der Waals surface area contributed by atoms with E-state index in [-0.39, 0.29) is 17.3 Å². The van der Waals surface area contributed by atoms with Crippen LogP contribution in [0.15, 0.2) is 24.3 Å². The van der Waals surface area contributed by atoms with Crippen molar-refractivity contribution in [2.45, 2.75) is 25.3 Å². The highest BCUT2D eigenvalue weighted by atomic mass is 19.1. The highest BCUT2D eigenvalue weighted by molar-refractivity contribution is 5.94. The molecule has 0 unspecified atom stereocenters. The molecule has 3 atom stereocenters. The van der Waals surface area contributed by atoms with E-state index in [9.17, 15) is 9.18 Å². The Kier molecular flexibility index (Phi) is 3.05. The Labute approximate surface area is 112 Å². The van der Waals surface area contributed by atoms with E-state index in [2.05, 4.69) is 17.6 Å². The summed E-state index contributed by atoms with van der Waals surface area (Å²) in [6.45, 7) is 4.13. The van der Waals surface area contributed by atoms with E-state index in [1.54, 1.807) is 12.1 Å². The molecule has 1 aromatic rings. The minimum absolute atomic E-state index is 0.169. The third kappa shape index (κ3) is 2.25. The lowest BCUT2D eigenvalue weighted by molar-refractivity contribution is 0.0883. The van der Waals surface area contributed by atoms with Crippen molar-refractivity contribution in [1.29, 1.82) is 0 Å². The topological polar surface area (TPSA) is 41.1 Å². The number of halogens is 1. The van der Waals surface area contributed by atoms with Gasteiger partial charge in [-0.15, -0.1) is 0 Å². The van der Waals surface area contributed by atoms with E-state index in [1.807, 2.05) is 0 Å². The monoisotopic (exact) mass is 262 g/mol. The summed E-state index contributed by atoms with van der Waals surface area (Å²) in [5.41, 5.74) is 0.230. The zero-order valence-electron chi connectivity index (χ0n) is 11.1. The average molecular weight is 262 g/mol. The van der Waals surface area contributed by atoms with Crippen molar-refractivity contribution in [2.24, 2.45) is 11.8 Å². The summed E-state index contributed by atoms with van der Waals surface area (Å²) in [5, 5.41) is 6.51. The molecule has 3 rings (SSSR count). The van der Waals surface area contributed by atoms with Crippen LogP contribution in [-0.2, 0) is 0 Å². The van der Waals surface area contributed by atoms with Crippen LogP contribution in [0.5, 0.6) is 0 Å². The highest BCUT2D eigenvalue weighted by Crippen LogP contribution is 2.42. The second-order valence-corrected chi connectivity index (χ2v) is 5.95. The zero-order chi connectivity index (χ0) is 13.5. The smallest absolute Gasteiger partial charge is 0.251 e. The molecule has 1 saturated heterocycles. The number of fused-ring (bicyclic) bond motifs is 1. The van der Waals surface area contributed by atoms with Gasteiger partial charge >= 0.3 is 0 Å². The first-order chi connectivity index (χ1) is 9.08. The number of carbonyl (C=O) groups is 1. The Morgan fingerprint density at radius 3 is 3.11 bits per heavy atom. The standard InChI is InChI=1S/C15H19FN2O/c1-15(6-5-11-8-17-9-13(11)15)18-14(19)10-3-2-4-12(16)7-10/h2-4,7,11,13,17H,5-6,8-9H2,1H3,(H,18,19)/t11-,13+,15+/m1/s1. The molecule has 2 N–H and O–H groups in total. The van der Waals surface area contributed by atoms with Gasteiger partial charge in [-0.25, -0.2) is 4.39 Å². The maximum atomic E-state index is 13.2. The van der Waals surface area contributed by atoms with Crippen LogP contribution >= 0.6 is 0 Å². The van der Waals surface area contributed by atoms with Gasteiger partial charge in [-0.2, -0.15) is 0 Å². The molecule has 0 spiro atoms. The Bertz CT molecular complexity index is 505. The minimum Gasteiger partial charge on any atom is -0.347 e. The van der Waals surface area contributed by atoms with Gasteiger partial charge in [0.1, 0.15) is 5.82 Å². The summed E-state index contributed by atoms with van der Waals surface area (Å²) in [6.07, 6.45) is 2.16. The van der Waals surface area contributed by atoms with Gasteiger partial charge in [0.15, 0.2) is 0 Å². The third-order valence-electron chi connectivity index (χ3n) is 4.68. The molecule has 1 aromatic carbocycles. The molecule has 1 aliphatic heterocycles. The van der Waals surface area contributed by atoms with Gasteiger partial charge in [0.2, 0.25) is 0 Å². The fourth-order valence-corrected chi connectivity index (χ4v) is 3.57. The molecule has 1 saturated carbocycles. The first-order valence-electron chi connectivity index (χ1n) is 6.87. The van der Waals surface area contributed by atoms with Gasteiger partial charge in [-0.3, -0.25) is 4.79 Å². The molecular weight excluding hydrogens is 243 g/mol. The number of hydrogen-bond acceptors (Lipinski definition) is 2. The van der Waals surface area contributed by atoms with E-state index in [0.29, 0.717) is 17.4 Å². The molecule has 1 amide bonds. The van der Waals surface area contributed by atoms with Gasteiger partial charge in [0.05, 0.1) is 0 Å². The lowest BCUT2D eigenvalue weighted by Gasteiger charge is -2.32. The van der Waals surface area contributed by atoms with Crippen molar-refractivity contribution in [2.75, 3.05) is 13.1 Å². The summed E-state index contributed by atoms with van der Waals surface area (Å²) in [4.78, 5) is 12.2. The first-order valence-corrected chi connectivity index (χ1v) is 6.87. The molecule has 0 radical (unpaired) electrons. The van der Waals surface area contributed by atoms with Crippen LogP contribution in [0.3, 0.4) is 0 Å². The summed E-state index contributed by atoms with van der Waals surface area (Å²) in [6, 6.07) is 5.87. The lowest BCUT2D eigenvalue weighted by Crippen LogP contribution is -2.50. The number of benzene rings is 1. The predicted molar refractivity (Wildman–Crippen MR) is 71.4 cm³/mol. The predicted octanol–water partition coefficient (Wildman–Crippen LogP) is 1.94. The van der Waals surface area contributed by atoms with Crippen molar-refractivity contribution in [3.05, 3.63) is 35.6 Å². The fourth-order valence-electron chi connectivity index (χ4n) is 3.57. The molecule has 4 heteroatoms. The zero-order valence-corrected chi connectivity index (χ0v) is 11.1. The van der Waals surface area contributed by atoms with Crippen molar-refractivity contribution in [1.82, 2.24) is 10.6 Å². The molecule has 0 bridgehead atoms. The van der Waals surface area contributed by atoms with E-state index >= 15 is 0 Å². The summed E-state index contributed by atoms with van der Waals surface area (Å²) < 4.78 is 13.2. The van der Waals surface area contributed by atoms with Gasteiger partial charge in [-0.1, -0.05) is 6.07 Å². The fraction of sp³-hybridized carbons (Fsp3) is 0.533. The van der Waals surface area contributed by atoms with Gasteiger partial charge < -0.3 is 10.6 Å². The first kappa shape index (κ1) is 12.6. The number of hydrogen-bond donors (Lipinski definition) is 2. The van der Waals surface area contributed by atoms with Crippen LogP contribution < -0.4 is 10.6 Å². The molecule has 0 aromatic heterocycles. The van der Waals surface area contributed by atoms with E-state index in [1.165, 1.54) is 12.1 Å². The Balaban J connectivity index is 1.76. The van der Waals surface area contributed by atoms with Crippen LogP contribution in [0.25, 0.3) is 0 Å². The van der Waals surface area contributed by atoms with Gasteiger partial charge in [0.25, 0.3) is 5.91 Å². The van der Waals surface area contributed by atoms with Crippen molar-refractivity contribution in [3.8, 4) is 0 Å². The normalized spacial score (nSPS) is 33.2.